The lowest BCUT2D eigenvalue weighted by Crippen LogP contribution is -2.27. The summed E-state index contributed by atoms with van der Waals surface area (Å²) >= 11 is 0. The third-order valence-corrected chi connectivity index (χ3v) is 7.35. The highest BCUT2D eigenvalue weighted by Crippen LogP contribution is 2.57. The van der Waals surface area contributed by atoms with Gasteiger partial charge < -0.3 is 4.52 Å². The van der Waals surface area contributed by atoms with Gasteiger partial charge in [-0.15, -0.1) is 0 Å². The van der Waals surface area contributed by atoms with Crippen molar-refractivity contribution in [2.75, 3.05) is 7.11 Å². The minimum absolute atomic E-state index is 0.00641. The van der Waals surface area contributed by atoms with Crippen molar-refractivity contribution in [3.05, 3.63) is 29.3 Å². The van der Waals surface area contributed by atoms with Crippen LogP contribution in [0.4, 0.5) is 0 Å². The molecule has 0 aliphatic carbocycles. The maximum Gasteiger partial charge on any atom is 0.237 e. The lowest BCUT2D eigenvalue weighted by atomic mass is 9.81. The van der Waals surface area contributed by atoms with E-state index in [1.807, 2.05) is 20.8 Å². The Hall–Kier alpha value is -0.590. The molecule has 1 atom stereocenters. The van der Waals surface area contributed by atoms with E-state index < -0.39 is 12.5 Å². The SMILES string of the molecule is COP(=O)(c1cc(C(C)(C)C)cc(C(C)(C)C)c1)C(C)(C)C. The quantitative estimate of drug-likeness (QED) is 0.659. The van der Waals surface area contributed by atoms with Crippen molar-refractivity contribution < 1.29 is 9.09 Å². The van der Waals surface area contributed by atoms with Crippen LogP contribution >= 0.6 is 7.37 Å². The molecule has 0 aliphatic heterocycles. The Kier molecular flexibility index (Phi) is 5.13. The zero-order chi connectivity index (χ0) is 17.6. The fraction of sp³-hybridized carbons (Fsp3) is 0.684. The van der Waals surface area contributed by atoms with Gasteiger partial charge in [0.05, 0.1) is 0 Å². The van der Waals surface area contributed by atoms with Crippen LogP contribution in [0, 0.1) is 0 Å². The molecule has 0 heterocycles. The van der Waals surface area contributed by atoms with Crippen molar-refractivity contribution in [1.29, 1.82) is 0 Å². The third-order valence-electron chi connectivity index (χ3n) is 4.13. The van der Waals surface area contributed by atoms with Crippen molar-refractivity contribution in [3.63, 3.8) is 0 Å². The summed E-state index contributed by atoms with van der Waals surface area (Å²) in [6, 6.07) is 6.39. The van der Waals surface area contributed by atoms with Crippen LogP contribution in [0.15, 0.2) is 18.2 Å². The van der Waals surface area contributed by atoms with Crippen LogP contribution in [0.1, 0.15) is 73.4 Å². The third kappa shape index (κ3) is 3.84. The Morgan fingerprint density at radius 1 is 0.773 bits per heavy atom. The van der Waals surface area contributed by atoms with Crippen LogP contribution in [0.3, 0.4) is 0 Å². The normalized spacial score (nSPS) is 16.5. The molecule has 0 spiro atoms. The van der Waals surface area contributed by atoms with Gasteiger partial charge in [0.1, 0.15) is 0 Å². The summed E-state index contributed by atoms with van der Waals surface area (Å²) in [5.74, 6) is 0. The van der Waals surface area contributed by atoms with Crippen LogP contribution in [-0.2, 0) is 19.9 Å². The highest BCUT2D eigenvalue weighted by atomic mass is 31.2. The fourth-order valence-corrected chi connectivity index (χ4v) is 4.56. The molecule has 3 heteroatoms. The molecule has 22 heavy (non-hydrogen) atoms. The molecule has 126 valence electrons. The topological polar surface area (TPSA) is 26.3 Å². The monoisotopic (exact) mass is 324 g/mol. The molecule has 1 rings (SSSR count). The van der Waals surface area contributed by atoms with Crippen molar-refractivity contribution >= 4 is 12.7 Å². The number of hydrogen-bond acceptors (Lipinski definition) is 2. The standard InChI is InChI=1S/C19H33O2P/c1-17(2,3)14-11-15(18(4,5)6)13-16(12-14)22(20,21-10)19(7,8)9/h11-13H,1-10H3. The Labute approximate surface area is 137 Å². The van der Waals surface area contributed by atoms with Gasteiger partial charge >= 0.3 is 0 Å². The van der Waals surface area contributed by atoms with Crippen LogP contribution in [0.25, 0.3) is 0 Å². The molecule has 0 aromatic heterocycles. The summed E-state index contributed by atoms with van der Waals surface area (Å²) < 4.78 is 19.1. The molecule has 0 amide bonds. The van der Waals surface area contributed by atoms with Gasteiger partial charge in [-0.3, -0.25) is 4.57 Å². The Balaban J connectivity index is 3.72. The average molecular weight is 324 g/mol. The average Bonchev–Trinajstić information content (AvgIpc) is 2.33. The van der Waals surface area contributed by atoms with E-state index in [0.29, 0.717) is 0 Å². The van der Waals surface area contributed by atoms with E-state index in [-0.39, 0.29) is 10.8 Å². The van der Waals surface area contributed by atoms with Gasteiger partial charge in [0, 0.05) is 17.6 Å². The summed E-state index contributed by atoms with van der Waals surface area (Å²) in [4.78, 5) is 0. The van der Waals surface area contributed by atoms with Gasteiger partial charge in [-0.05, 0) is 34.1 Å². The van der Waals surface area contributed by atoms with Gasteiger partial charge in [-0.25, -0.2) is 0 Å². The molecule has 0 saturated heterocycles. The lowest BCUT2D eigenvalue weighted by Gasteiger charge is -2.33. The fourth-order valence-electron chi connectivity index (χ4n) is 2.41. The molecule has 0 radical (unpaired) electrons. The Morgan fingerprint density at radius 2 is 1.14 bits per heavy atom. The van der Waals surface area contributed by atoms with Gasteiger partial charge in [-0.1, -0.05) is 68.4 Å². The number of rotatable bonds is 2. The first kappa shape index (κ1) is 19.5. The second-order valence-electron chi connectivity index (χ2n) is 9.17. The van der Waals surface area contributed by atoms with Crippen LogP contribution in [0.5, 0.6) is 0 Å². The molecule has 1 aromatic carbocycles. The molecule has 0 bridgehead atoms. The van der Waals surface area contributed by atoms with Gasteiger partial charge in [0.2, 0.25) is 7.37 Å². The largest absolute Gasteiger partial charge is 0.328 e. The first-order chi connectivity index (χ1) is 9.63. The Bertz CT molecular complexity index is 549. The van der Waals surface area contributed by atoms with Gasteiger partial charge in [0.15, 0.2) is 0 Å². The zero-order valence-electron chi connectivity index (χ0n) is 16.0. The van der Waals surface area contributed by atoms with E-state index in [9.17, 15) is 4.57 Å². The van der Waals surface area contributed by atoms with E-state index in [1.165, 1.54) is 11.1 Å². The van der Waals surface area contributed by atoms with E-state index in [0.717, 1.165) is 5.30 Å². The van der Waals surface area contributed by atoms with E-state index >= 15 is 0 Å². The predicted molar refractivity (Wildman–Crippen MR) is 97.8 cm³/mol. The highest BCUT2D eigenvalue weighted by molar-refractivity contribution is 7.68. The molecule has 0 saturated carbocycles. The molecule has 1 unspecified atom stereocenters. The lowest BCUT2D eigenvalue weighted by molar-refractivity contribution is 0.381. The minimum Gasteiger partial charge on any atom is -0.328 e. The van der Waals surface area contributed by atoms with Gasteiger partial charge in [-0.2, -0.15) is 0 Å². The zero-order valence-corrected chi connectivity index (χ0v) is 16.9. The van der Waals surface area contributed by atoms with Crippen LogP contribution < -0.4 is 5.30 Å². The molecule has 0 N–H and O–H groups in total. The summed E-state index contributed by atoms with van der Waals surface area (Å²) in [6.45, 7) is 19.1. The minimum atomic E-state index is -2.93. The van der Waals surface area contributed by atoms with E-state index in [1.54, 1.807) is 7.11 Å². The van der Waals surface area contributed by atoms with Crippen LogP contribution in [-0.4, -0.2) is 12.3 Å². The first-order valence-electron chi connectivity index (χ1n) is 7.95. The summed E-state index contributed by atoms with van der Waals surface area (Å²) in [5.41, 5.74) is 2.42. The molecule has 0 aliphatic rings. The molecule has 1 aromatic rings. The first-order valence-corrected chi connectivity index (χ1v) is 9.58. The molecular weight excluding hydrogens is 291 g/mol. The maximum absolute atomic E-state index is 13.5. The van der Waals surface area contributed by atoms with Crippen LogP contribution in [0.2, 0.25) is 0 Å². The van der Waals surface area contributed by atoms with Crippen molar-refractivity contribution in [2.45, 2.75) is 78.3 Å². The number of hydrogen-bond donors (Lipinski definition) is 0. The molecular formula is C19H33O2P. The molecule has 2 nitrogen and oxygen atoms in total. The van der Waals surface area contributed by atoms with E-state index in [4.69, 9.17) is 4.52 Å². The highest BCUT2D eigenvalue weighted by Gasteiger charge is 2.40. The second-order valence-corrected chi connectivity index (χ2v) is 12.5. The smallest absolute Gasteiger partial charge is 0.237 e. The summed E-state index contributed by atoms with van der Waals surface area (Å²) in [6.07, 6.45) is 0. The predicted octanol–water partition coefficient (Wildman–Crippen LogP) is 5.63. The number of benzene rings is 1. The van der Waals surface area contributed by atoms with Crippen molar-refractivity contribution in [1.82, 2.24) is 0 Å². The summed E-state index contributed by atoms with van der Waals surface area (Å²) in [7, 11) is -1.37. The Morgan fingerprint density at radius 3 is 1.36 bits per heavy atom. The van der Waals surface area contributed by atoms with E-state index in [2.05, 4.69) is 59.7 Å². The second kappa shape index (κ2) is 5.80. The molecule has 0 fully saturated rings. The summed E-state index contributed by atoms with van der Waals surface area (Å²) in [5, 5.41) is 0.410. The van der Waals surface area contributed by atoms with Crippen molar-refractivity contribution in [2.24, 2.45) is 0 Å². The van der Waals surface area contributed by atoms with Crippen molar-refractivity contribution in [3.8, 4) is 0 Å². The maximum atomic E-state index is 13.5. The van der Waals surface area contributed by atoms with Gasteiger partial charge in [0.25, 0.3) is 0 Å².